The Morgan fingerprint density at radius 1 is 1.28 bits per heavy atom. The number of benzene rings is 1. The van der Waals surface area contributed by atoms with Crippen LogP contribution in [0.1, 0.15) is 42.5 Å². The van der Waals surface area contributed by atoms with Gasteiger partial charge >= 0.3 is 0 Å². The number of imidazole rings is 1. The van der Waals surface area contributed by atoms with Crippen molar-refractivity contribution in [1.82, 2.24) is 15.3 Å². The minimum atomic E-state index is 0.0263. The molecule has 1 heterocycles. The minimum absolute atomic E-state index is 0.0263. The van der Waals surface area contributed by atoms with Crippen LogP contribution in [0, 0.1) is 0 Å². The van der Waals surface area contributed by atoms with Gasteiger partial charge in [0, 0.05) is 11.6 Å². The molecule has 94 valence electrons. The van der Waals surface area contributed by atoms with Crippen molar-refractivity contribution in [3.63, 3.8) is 0 Å². The van der Waals surface area contributed by atoms with Crippen LogP contribution >= 0.6 is 0 Å². The van der Waals surface area contributed by atoms with E-state index in [2.05, 4.69) is 15.3 Å². The summed E-state index contributed by atoms with van der Waals surface area (Å²) in [4.78, 5) is 19.3. The summed E-state index contributed by atoms with van der Waals surface area (Å²) in [6.45, 7) is 0. The largest absolute Gasteiger partial charge is 0.349 e. The minimum Gasteiger partial charge on any atom is -0.349 e. The van der Waals surface area contributed by atoms with Crippen LogP contribution in [0.5, 0.6) is 0 Å². The van der Waals surface area contributed by atoms with Crippen LogP contribution in [0.2, 0.25) is 0 Å². The van der Waals surface area contributed by atoms with Crippen molar-refractivity contribution in [2.45, 2.75) is 38.1 Å². The molecule has 1 aromatic carbocycles. The van der Waals surface area contributed by atoms with E-state index in [1.54, 1.807) is 6.33 Å². The monoisotopic (exact) mass is 243 g/mol. The van der Waals surface area contributed by atoms with Crippen molar-refractivity contribution in [2.24, 2.45) is 0 Å². The number of aromatic nitrogens is 2. The number of hydrogen-bond donors (Lipinski definition) is 2. The molecule has 0 unspecified atom stereocenters. The topological polar surface area (TPSA) is 57.8 Å². The highest BCUT2D eigenvalue weighted by Crippen LogP contribution is 2.18. The van der Waals surface area contributed by atoms with Gasteiger partial charge in [0.2, 0.25) is 0 Å². The summed E-state index contributed by atoms with van der Waals surface area (Å²) in [7, 11) is 0. The van der Waals surface area contributed by atoms with E-state index >= 15 is 0 Å². The lowest BCUT2D eigenvalue weighted by Gasteiger charge is -2.22. The zero-order valence-electron chi connectivity index (χ0n) is 10.3. The molecule has 1 amide bonds. The van der Waals surface area contributed by atoms with Gasteiger partial charge in [0.05, 0.1) is 17.4 Å². The summed E-state index contributed by atoms with van der Waals surface area (Å²) >= 11 is 0. The molecule has 3 rings (SSSR count). The van der Waals surface area contributed by atoms with Crippen LogP contribution in [-0.4, -0.2) is 21.9 Å². The molecule has 1 fully saturated rings. The molecule has 2 N–H and O–H groups in total. The fraction of sp³-hybridized carbons (Fsp3) is 0.429. The first-order valence-electron chi connectivity index (χ1n) is 6.57. The number of hydrogen-bond acceptors (Lipinski definition) is 2. The normalized spacial score (nSPS) is 16.9. The van der Waals surface area contributed by atoms with Gasteiger partial charge in [-0.15, -0.1) is 0 Å². The SMILES string of the molecule is O=C(NC1CCCCC1)c1ccc2nc[nH]c2c1. The van der Waals surface area contributed by atoms with Crippen LogP contribution in [-0.2, 0) is 0 Å². The zero-order valence-corrected chi connectivity index (χ0v) is 10.3. The molecular formula is C14H17N3O. The average molecular weight is 243 g/mol. The fourth-order valence-electron chi connectivity index (χ4n) is 2.59. The second-order valence-corrected chi connectivity index (χ2v) is 4.94. The number of aromatic amines is 1. The number of nitrogens with zero attached hydrogens (tertiary/aromatic N) is 1. The Kier molecular flexibility index (Phi) is 3.00. The van der Waals surface area contributed by atoms with Crippen LogP contribution < -0.4 is 5.32 Å². The Bertz CT molecular complexity index is 555. The first-order valence-corrected chi connectivity index (χ1v) is 6.57. The van der Waals surface area contributed by atoms with Gasteiger partial charge in [-0.05, 0) is 31.0 Å². The molecule has 1 saturated carbocycles. The highest BCUT2D eigenvalue weighted by atomic mass is 16.1. The first kappa shape index (κ1) is 11.3. The maximum Gasteiger partial charge on any atom is 0.251 e. The van der Waals surface area contributed by atoms with Crippen LogP contribution in [0.15, 0.2) is 24.5 Å². The van der Waals surface area contributed by atoms with Gasteiger partial charge in [-0.3, -0.25) is 4.79 Å². The molecular weight excluding hydrogens is 226 g/mol. The van der Waals surface area contributed by atoms with Crippen molar-refractivity contribution in [1.29, 1.82) is 0 Å². The molecule has 2 aromatic rings. The lowest BCUT2D eigenvalue weighted by molar-refractivity contribution is 0.0928. The smallest absolute Gasteiger partial charge is 0.251 e. The molecule has 1 aliphatic rings. The van der Waals surface area contributed by atoms with Gasteiger partial charge in [-0.2, -0.15) is 0 Å². The molecule has 0 spiro atoms. The first-order chi connectivity index (χ1) is 8.83. The Morgan fingerprint density at radius 2 is 2.11 bits per heavy atom. The molecule has 4 nitrogen and oxygen atoms in total. The quantitative estimate of drug-likeness (QED) is 0.851. The number of carbonyl (C=O) groups excluding carboxylic acids is 1. The maximum absolute atomic E-state index is 12.1. The number of nitrogens with one attached hydrogen (secondary N) is 2. The summed E-state index contributed by atoms with van der Waals surface area (Å²) in [5.74, 6) is 0.0263. The molecule has 1 aromatic heterocycles. The molecule has 4 heteroatoms. The summed E-state index contributed by atoms with van der Waals surface area (Å²) in [6.07, 6.45) is 7.62. The summed E-state index contributed by atoms with van der Waals surface area (Å²) in [5, 5.41) is 3.12. The van der Waals surface area contributed by atoms with E-state index in [9.17, 15) is 4.79 Å². The van der Waals surface area contributed by atoms with Gasteiger partial charge in [0.15, 0.2) is 0 Å². The van der Waals surface area contributed by atoms with Crippen molar-refractivity contribution >= 4 is 16.9 Å². The Labute approximate surface area is 106 Å². The molecule has 0 bridgehead atoms. The van der Waals surface area contributed by atoms with Gasteiger partial charge in [0.25, 0.3) is 5.91 Å². The van der Waals surface area contributed by atoms with Crippen LogP contribution in [0.4, 0.5) is 0 Å². The second-order valence-electron chi connectivity index (χ2n) is 4.94. The fourth-order valence-corrected chi connectivity index (χ4v) is 2.59. The third-order valence-corrected chi connectivity index (χ3v) is 3.62. The van der Waals surface area contributed by atoms with Crippen molar-refractivity contribution < 1.29 is 4.79 Å². The number of amides is 1. The third kappa shape index (κ3) is 2.23. The average Bonchev–Trinajstić information content (AvgIpc) is 2.87. The molecule has 0 radical (unpaired) electrons. The third-order valence-electron chi connectivity index (χ3n) is 3.62. The van der Waals surface area contributed by atoms with Crippen molar-refractivity contribution in [3.05, 3.63) is 30.1 Å². The second kappa shape index (κ2) is 4.80. The van der Waals surface area contributed by atoms with E-state index in [0.29, 0.717) is 11.6 Å². The Hall–Kier alpha value is -1.84. The standard InChI is InChI=1S/C14H17N3O/c18-14(17-11-4-2-1-3-5-11)10-6-7-12-13(8-10)16-9-15-12/h6-9,11H,1-5H2,(H,15,16)(H,17,18). The predicted octanol–water partition coefficient (Wildman–Crippen LogP) is 2.63. The van der Waals surface area contributed by atoms with Crippen molar-refractivity contribution in [3.8, 4) is 0 Å². The zero-order chi connectivity index (χ0) is 12.4. The highest BCUT2D eigenvalue weighted by molar-refractivity contribution is 5.97. The maximum atomic E-state index is 12.1. The lowest BCUT2D eigenvalue weighted by atomic mass is 9.95. The van der Waals surface area contributed by atoms with E-state index in [0.717, 1.165) is 23.9 Å². The van der Waals surface area contributed by atoms with E-state index in [-0.39, 0.29) is 5.91 Å². The number of fused-ring (bicyclic) bond motifs is 1. The molecule has 0 atom stereocenters. The Morgan fingerprint density at radius 3 is 2.94 bits per heavy atom. The Balaban J connectivity index is 1.74. The van der Waals surface area contributed by atoms with E-state index < -0.39 is 0 Å². The van der Waals surface area contributed by atoms with Gasteiger partial charge in [-0.1, -0.05) is 19.3 Å². The van der Waals surface area contributed by atoms with E-state index in [1.165, 1.54) is 19.3 Å². The highest BCUT2D eigenvalue weighted by Gasteiger charge is 2.16. The van der Waals surface area contributed by atoms with Gasteiger partial charge < -0.3 is 10.3 Å². The predicted molar refractivity (Wildman–Crippen MR) is 70.4 cm³/mol. The van der Waals surface area contributed by atoms with Crippen molar-refractivity contribution in [2.75, 3.05) is 0 Å². The number of rotatable bonds is 2. The molecule has 1 aliphatic carbocycles. The van der Waals surface area contributed by atoms with Gasteiger partial charge in [-0.25, -0.2) is 4.98 Å². The van der Waals surface area contributed by atoms with Gasteiger partial charge in [0.1, 0.15) is 0 Å². The molecule has 0 saturated heterocycles. The van der Waals surface area contributed by atoms with Crippen LogP contribution in [0.25, 0.3) is 11.0 Å². The summed E-state index contributed by atoms with van der Waals surface area (Å²) in [5.41, 5.74) is 2.51. The summed E-state index contributed by atoms with van der Waals surface area (Å²) in [6, 6.07) is 5.92. The number of H-pyrrole nitrogens is 1. The van der Waals surface area contributed by atoms with E-state index in [1.807, 2.05) is 18.2 Å². The van der Waals surface area contributed by atoms with E-state index in [4.69, 9.17) is 0 Å². The molecule has 18 heavy (non-hydrogen) atoms. The summed E-state index contributed by atoms with van der Waals surface area (Å²) < 4.78 is 0. The molecule has 0 aliphatic heterocycles. The number of carbonyl (C=O) groups is 1. The van der Waals surface area contributed by atoms with Crippen LogP contribution in [0.3, 0.4) is 0 Å². The lowest BCUT2D eigenvalue weighted by Crippen LogP contribution is -2.36.